The van der Waals surface area contributed by atoms with E-state index >= 15 is 0 Å². The van der Waals surface area contributed by atoms with Crippen LogP contribution in [0.4, 0.5) is 5.69 Å². The van der Waals surface area contributed by atoms with E-state index in [1.807, 2.05) is 37.3 Å². The van der Waals surface area contributed by atoms with Crippen molar-refractivity contribution in [2.45, 2.75) is 6.92 Å². The van der Waals surface area contributed by atoms with Crippen LogP contribution >= 0.6 is 11.3 Å². The summed E-state index contributed by atoms with van der Waals surface area (Å²) in [5.74, 6) is -0.163. The Labute approximate surface area is 125 Å². The van der Waals surface area contributed by atoms with Crippen molar-refractivity contribution in [3.63, 3.8) is 0 Å². The molecule has 0 saturated heterocycles. The van der Waals surface area contributed by atoms with Gasteiger partial charge in [-0.05, 0) is 24.4 Å². The molecular formula is C15H13N3O2S. The van der Waals surface area contributed by atoms with Crippen LogP contribution in [-0.2, 0) is 0 Å². The van der Waals surface area contributed by atoms with Gasteiger partial charge in [0.05, 0.1) is 29.6 Å². The van der Waals surface area contributed by atoms with Gasteiger partial charge in [-0.2, -0.15) is 0 Å². The standard InChI is InChI=1S/C15H13N3O2S/c1-2-20-15-16-8-11(9-17-15)18-14(19)13-7-10-5-3-4-6-12(10)21-13/h3-9H,2H2,1H3,(H,18,19). The smallest absolute Gasteiger partial charge is 0.316 e. The minimum absolute atomic E-state index is 0.163. The molecule has 1 N–H and O–H groups in total. The monoisotopic (exact) mass is 299 g/mol. The highest BCUT2D eigenvalue weighted by molar-refractivity contribution is 7.20. The summed E-state index contributed by atoms with van der Waals surface area (Å²) in [5.41, 5.74) is 0.543. The zero-order chi connectivity index (χ0) is 14.7. The minimum atomic E-state index is -0.163. The molecule has 0 aliphatic heterocycles. The van der Waals surface area contributed by atoms with Crippen molar-refractivity contribution in [2.24, 2.45) is 0 Å². The van der Waals surface area contributed by atoms with Crippen LogP contribution in [0.3, 0.4) is 0 Å². The topological polar surface area (TPSA) is 64.1 Å². The average molecular weight is 299 g/mol. The lowest BCUT2D eigenvalue weighted by molar-refractivity contribution is 0.103. The summed E-state index contributed by atoms with van der Waals surface area (Å²) >= 11 is 1.46. The van der Waals surface area contributed by atoms with Gasteiger partial charge in [-0.3, -0.25) is 4.79 Å². The van der Waals surface area contributed by atoms with Crippen molar-refractivity contribution >= 4 is 33.0 Å². The minimum Gasteiger partial charge on any atom is -0.464 e. The second-order valence-corrected chi connectivity index (χ2v) is 5.37. The number of nitrogens with zero attached hydrogens (tertiary/aromatic N) is 2. The zero-order valence-corrected chi connectivity index (χ0v) is 12.2. The van der Waals surface area contributed by atoms with E-state index in [0.717, 1.165) is 10.1 Å². The Hall–Kier alpha value is -2.47. The molecule has 5 nitrogen and oxygen atoms in total. The highest BCUT2D eigenvalue weighted by Crippen LogP contribution is 2.25. The molecule has 1 aromatic carbocycles. The molecule has 2 heterocycles. The Morgan fingerprint density at radius 2 is 2.05 bits per heavy atom. The number of benzene rings is 1. The molecule has 0 saturated carbocycles. The fourth-order valence-corrected chi connectivity index (χ4v) is 2.83. The fraction of sp³-hybridized carbons (Fsp3) is 0.133. The van der Waals surface area contributed by atoms with E-state index in [0.29, 0.717) is 23.2 Å². The first-order valence-corrected chi connectivity index (χ1v) is 7.32. The van der Waals surface area contributed by atoms with Crippen LogP contribution < -0.4 is 10.1 Å². The van der Waals surface area contributed by atoms with Crippen LogP contribution in [0.15, 0.2) is 42.7 Å². The molecule has 0 radical (unpaired) electrons. The lowest BCUT2D eigenvalue weighted by atomic mass is 10.2. The van der Waals surface area contributed by atoms with E-state index in [-0.39, 0.29) is 5.91 Å². The lowest BCUT2D eigenvalue weighted by Crippen LogP contribution is -2.10. The number of carbonyl (C=O) groups excluding carboxylic acids is 1. The van der Waals surface area contributed by atoms with Gasteiger partial charge in [0.25, 0.3) is 5.91 Å². The Morgan fingerprint density at radius 3 is 2.76 bits per heavy atom. The van der Waals surface area contributed by atoms with E-state index in [4.69, 9.17) is 4.74 Å². The number of fused-ring (bicyclic) bond motifs is 1. The zero-order valence-electron chi connectivity index (χ0n) is 11.4. The Balaban J connectivity index is 1.76. The Bertz CT molecular complexity index is 735. The molecular weight excluding hydrogens is 286 g/mol. The van der Waals surface area contributed by atoms with Gasteiger partial charge in [0.2, 0.25) is 0 Å². The van der Waals surface area contributed by atoms with Crippen LogP contribution in [0, 0.1) is 0 Å². The molecule has 0 aliphatic carbocycles. The van der Waals surface area contributed by atoms with Gasteiger partial charge in [-0.15, -0.1) is 11.3 Å². The van der Waals surface area contributed by atoms with Gasteiger partial charge in [0, 0.05) is 4.70 Å². The Morgan fingerprint density at radius 1 is 1.29 bits per heavy atom. The van der Waals surface area contributed by atoms with E-state index < -0.39 is 0 Å². The number of anilines is 1. The first kappa shape index (κ1) is 13.5. The second-order valence-electron chi connectivity index (χ2n) is 4.29. The summed E-state index contributed by atoms with van der Waals surface area (Å²) in [6.45, 7) is 2.37. The highest BCUT2D eigenvalue weighted by atomic mass is 32.1. The molecule has 0 bridgehead atoms. The summed E-state index contributed by atoms with van der Waals surface area (Å²) in [7, 11) is 0. The van der Waals surface area contributed by atoms with Crippen LogP contribution in [-0.4, -0.2) is 22.5 Å². The number of amides is 1. The first-order valence-electron chi connectivity index (χ1n) is 6.51. The maximum absolute atomic E-state index is 12.2. The normalized spacial score (nSPS) is 10.5. The third-order valence-electron chi connectivity index (χ3n) is 2.81. The van der Waals surface area contributed by atoms with E-state index in [2.05, 4.69) is 15.3 Å². The number of carbonyl (C=O) groups is 1. The quantitative estimate of drug-likeness (QED) is 0.802. The van der Waals surface area contributed by atoms with E-state index in [1.54, 1.807) is 0 Å². The predicted molar refractivity (Wildman–Crippen MR) is 83.0 cm³/mol. The molecule has 6 heteroatoms. The average Bonchev–Trinajstić information content (AvgIpc) is 2.94. The van der Waals surface area contributed by atoms with E-state index in [9.17, 15) is 4.79 Å². The molecule has 1 amide bonds. The van der Waals surface area contributed by atoms with Crippen molar-refractivity contribution in [3.05, 3.63) is 47.6 Å². The molecule has 0 spiro atoms. The molecule has 0 unspecified atom stereocenters. The van der Waals surface area contributed by atoms with Gasteiger partial charge in [-0.25, -0.2) is 9.97 Å². The molecule has 2 aromatic heterocycles. The molecule has 3 aromatic rings. The molecule has 3 rings (SSSR count). The molecule has 0 fully saturated rings. The number of aromatic nitrogens is 2. The van der Waals surface area contributed by atoms with Gasteiger partial charge >= 0.3 is 6.01 Å². The van der Waals surface area contributed by atoms with Crippen LogP contribution in [0.5, 0.6) is 6.01 Å². The lowest BCUT2D eigenvalue weighted by Gasteiger charge is -2.04. The summed E-state index contributed by atoms with van der Waals surface area (Å²) < 4.78 is 6.25. The fourth-order valence-electron chi connectivity index (χ4n) is 1.87. The van der Waals surface area contributed by atoms with Crippen LogP contribution in [0.25, 0.3) is 10.1 Å². The number of hydrogen-bond acceptors (Lipinski definition) is 5. The maximum atomic E-state index is 12.2. The molecule has 106 valence electrons. The maximum Gasteiger partial charge on any atom is 0.316 e. The summed E-state index contributed by atoms with van der Waals surface area (Å²) in [6.07, 6.45) is 3.06. The van der Waals surface area contributed by atoms with Crippen molar-refractivity contribution in [1.82, 2.24) is 9.97 Å². The van der Waals surface area contributed by atoms with Gasteiger partial charge in [0.1, 0.15) is 0 Å². The van der Waals surface area contributed by atoms with Crippen LogP contribution in [0.2, 0.25) is 0 Å². The molecule has 21 heavy (non-hydrogen) atoms. The number of thiophene rings is 1. The summed E-state index contributed by atoms with van der Waals surface area (Å²) in [4.78, 5) is 20.9. The summed E-state index contributed by atoms with van der Waals surface area (Å²) in [6, 6.07) is 10.1. The van der Waals surface area contributed by atoms with Crippen molar-refractivity contribution in [1.29, 1.82) is 0 Å². The SMILES string of the molecule is CCOc1ncc(NC(=O)c2cc3ccccc3s2)cn1. The van der Waals surface area contributed by atoms with Crippen LogP contribution in [0.1, 0.15) is 16.6 Å². The van der Waals surface area contributed by atoms with E-state index in [1.165, 1.54) is 23.7 Å². The molecule has 0 atom stereocenters. The summed E-state index contributed by atoms with van der Waals surface area (Å²) in [5, 5.41) is 3.84. The number of ether oxygens (including phenoxy) is 1. The molecule has 0 aliphatic rings. The third-order valence-corrected chi connectivity index (χ3v) is 3.92. The number of rotatable bonds is 4. The number of hydrogen-bond donors (Lipinski definition) is 1. The van der Waals surface area contributed by atoms with Gasteiger partial charge in [0.15, 0.2) is 0 Å². The second kappa shape index (κ2) is 5.88. The van der Waals surface area contributed by atoms with Gasteiger partial charge < -0.3 is 10.1 Å². The highest BCUT2D eigenvalue weighted by Gasteiger charge is 2.10. The Kier molecular flexibility index (Phi) is 3.79. The van der Waals surface area contributed by atoms with Crippen molar-refractivity contribution in [3.8, 4) is 6.01 Å². The third kappa shape index (κ3) is 3.00. The largest absolute Gasteiger partial charge is 0.464 e. The predicted octanol–water partition coefficient (Wildman–Crippen LogP) is 3.34. The van der Waals surface area contributed by atoms with Crippen molar-refractivity contribution in [2.75, 3.05) is 11.9 Å². The number of nitrogens with one attached hydrogen (secondary N) is 1. The van der Waals surface area contributed by atoms with Gasteiger partial charge in [-0.1, -0.05) is 18.2 Å². The van der Waals surface area contributed by atoms with Crippen molar-refractivity contribution < 1.29 is 9.53 Å². The first-order chi connectivity index (χ1) is 10.3.